The molecule has 121 heavy (non-hydrogen) atoms. The Bertz CT molecular complexity index is 4510. The highest BCUT2D eigenvalue weighted by atomic mass is 80.0. The van der Waals surface area contributed by atoms with E-state index in [0.29, 0.717) is 78.8 Å². The van der Waals surface area contributed by atoms with Gasteiger partial charge in [0.25, 0.3) is 0 Å². The minimum atomic E-state index is -4.42. The van der Waals surface area contributed by atoms with Crippen LogP contribution < -0.4 is 0 Å². The molecular formula is C87H84B2Br5ClF15O10P. The summed E-state index contributed by atoms with van der Waals surface area (Å²) >= 11 is 21.0. The molecule has 650 valence electrons. The maximum atomic E-state index is 12.6. The van der Waals surface area contributed by atoms with Gasteiger partial charge in [0.05, 0.1) is 75.6 Å². The van der Waals surface area contributed by atoms with E-state index in [1.165, 1.54) is 66.7 Å². The molecule has 10 aromatic carbocycles. The minimum Gasteiger partial charge on any atom is -0.478 e. The van der Waals surface area contributed by atoms with Gasteiger partial charge < -0.3 is 38.7 Å². The summed E-state index contributed by atoms with van der Waals surface area (Å²) in [5.41, 5.74) is 3.73. The van der Waals surface area contributed by atoms with Crippen LogP contribution >= 0.6 is 94.0 Å². The summed E-state index contributed by atoms with van der Waals surface area (Å²) in [5.74, 6) is -0.758. The predicted octanol–water partition coefficient (Wildman–Crippen LogP) is 30.0. The molecule has 2 aliphatic rings. The van der Waals surface area contributed by atoms with Gasteiger partial charge in [-0.1, -0.05) is 203 Å². The van der Waals surface area contributed by atoms with Crippen molar-refractivity contribution in [3.05, 3.63) is 298 Å². The molecule has 0 aliphatic carbocycles. The lowest BCUT2D eigenvalue weighted by atomic mass is 9.49. The average Bonchev–Trinajstić information content (AvgIpc) is 1.59. The third-order valence-electron chi connectivity index (χ3n) is 18.4. The topological polar surface area (TPSA) is 141 Å². The Balaban J connectivity index is 0.000000251. The van der Waals surface area contributed by atoms with Crippen LogP contribution in [0.5, 0.6) is 0 Å². The quantitative estimate of drug-likeness (QED) is 0.0336. The number of rotatable bonds is 13. The third-order valence-corrected chi connectivity index (χ3v) is 19.8. The van der Waals surface area contributed by atoms with E-state index in [1.54, 1.807) is 78.9 Å². The van der Waals surface area contributed by atoms with Gasteiger partial charge in [-0.05, 0) is 271 Å². The SMILES string of the molecule is BrP(Br)Br.CC(C)COC(=O)Cl.CC1(C)OB(B2OC(C)(C)C(C)(C)O2)OC1(C)C.FC(F)(F)c1cccc(-c2cccc(CBr)c2)c1.FC(F)(F)c1cccc(-c2cccc(CBr)c2)c1.O=C(O)c1cccc(-c2cccc(C(F)(F)F)c2)c1.OCc1cccc(-c2cccc(C(F)(F)F)c2)c1.OCc1cccc(-c2cccc(C(F)(F)F)c2)c1. The highest BCUT2D eigenvalue weighted by molar-refractivity contribution is 9.93. The molecule has 2 aliphatic heterocycles. The standard InChI is InChI=1S/2C14H10BrF3.C14H9F3O2.2C14H11F3O.C12H24B2O4.C5H9ClO2.Br3P/c2*15-9-10-3-1-4-11(7-10)12-5-2-6-13(8-12)14(16,17)18;15-14(16,17)12-6-2-4-10(8-12)9-3-1-5-11(7-9)13(18)19;2*15-14(16,17)13-6-2-5-12(8-13)11-4-1-3-10(7-11)9-18;1-9(2)10(3,4)16-13(15-9)14-17-11(5,6)12(7,8)18-14;1-4(2)3-8-5(6)7;1-4(2)3/h2*1-8H,9H2;1-8H,(H,18,19);2*1-8,18H,9H2;1-8H3;4H,3H2,1-2H3;. The van der Waals surface area contributed by atoms with Gasteiger partial charge in [0, 0.05) is 22.3 Å². The van der Waals surface area contributed by atoms with E-state index in [-0.39, 0.29) is 45.2 Å². The second-order valence-corrected chi connectivity index (χ2v) is 45.8. The summed E-state index contributed by atoms with van der Waals surface area (Å²) < 4.78 is 217. The molecule has 34 heteroatoms. The Labute approximate surface area is 740 Å². The van der Waals surface area contributed by atoms with Gasteiger partial charge in [-0.25, -0.2) is 9.59 Å². The summed E-state index contributed by atoms with van der Waals surface area (Å²) in [6.07, 6.45) is -21.7. The molecule has 10 aromatic rings. The first-order valence-electron chi connectivity index (χ1n) is 36.4. The first kappa shape index (κ1) is 105. The monoisotopic (exact) mass is 2060 g/mol. The summed E-state index contributed by atoms with van der Waals surface area (Å²) in [4.78, 5) is 20.7. The van der Waals surface area contributed by atoms with Crippen molar-refractivity contribution < 1.29 is 114 Å². The number of hydrogen-bond donors (Lipinski definition) is 3. The third kappa shape index (κ3) is 34.2. The number of benzene rings is 10. The molecule has 0 atom stereocenters. The predicted molar refractivity (Wildman–Crippen MR) is 466 cm³/mol. The number of carbonyl (C=O) groups is 2. The van der Waals surface area contributed by atoms with Crippen molar-refractivity contribution in [2.24, 2.45) is 5.92 Å². The van der Waals surface area contributed by atoms with Gasteiger partial charge in [0.1, 0.15) is 4.03 Å². The molecule has 12 rings (SSSR count). The number of carbonyl (C=O) groups excluding carboxylic acids is 1. The Morgan fingerprint density at radius 2 is 0.570 bits per heavy atom. The van der Waals surface area contributed by atoms with Gasteiger partial charge in [-0.2, -0.15) is 65.9 Å². The van der Waals surface area contributed by atoms with Crippen molar-refractivity contribution in [1.82, 2.24) is 0 Å². The van der Waals surface area contributed by atoms with Crippen molar-refractivity contribution in [1.29, 1.82) is 0 Å². The summed E-state index contributed by atoms with van der Waals surface area (Å²) in [5, 5.41) is 28.2. The molecule has 0 spiro atoms. The highest BCUT2D eigenvalue weighted by Gasteiger charge is 2.64. The Kier molecular flexibility index (Phi) is 40.1. The number of aliphatic hydroxyl groups is 2. The molecule has 2 saturated heterocycles. The molecular weight excluding hydrogens is 1980 g/mol. The molecule has 0 aromatic heterocycles. The lowest BCUT2D eigenvalue weighted by Crippen LogP contribution is -2.41. The van der Waals surface area contributed by atoms with E-state index in [0.717, 1.165) is 70.8 Å². The molecule has 2 fully saturated rings. The van der Waals surface area contributed by atoms with Gasteiger partial charge in [0.2, 0.25) is 0 Å². The Hall–Kier alpha value is -6.90. The van der Waals surface area contributed by atoms with E-state index >= 15 is 0 Å². The molecule has 0 radical (unpaired) electrons. The van der Waals surface area contributed by atoms with Crippen LogP contribution in [0.15, 0.2) is 243 Å². The van der Waals surface area contributed by atoms with Crippen molar-refractivity contribution in [3.8, 4) is 55.6 Å². The van der Waals surface area contributed by atoms with Gasteiger partial charge in [-0.3, -0.25) is 0 Å². The number of carboxylic acid groups (broad SMARTS) is 1. The first-order valence-corrected chi connectivity index (χ1v) is 46.4. The van der Waals surface area contributed by atoms with E-state index in [9.17, 15) is 75.4 Å². The van der Waals surface area contributed by atoms with Crippen LogP contribution in [0.3, 0.4) is 0 Å². The number of ether oxygens (including phenoxy) is 1. The fraction of sp³-hybridized carbons (Fsp3) is 0.287. The zero-order valence-electron chi connectivity index (χ0n) is 66.4. The Morgan fingerprint density at radius 1 is 0.372 bits per heavy atom. The largest absolute Gasteiger partial charge is 0.488 e. The maximum Gasteiger partial charge on any atom is 0.488 e. The van der Waals surface area contributed by atoms with Crippen LogP contribution in [0.2, 0.25) is 0 Å². The molecule has 10 nitrogen and oxygen atoms in total. The summed E-state index contributed by atoms with van der Waals surface area (Å²) in [7, 11) is -0.952. The zero-order valence-corrected chi connectivity index (χ0v) is 76.0. The average molecular weight is 2060 g/mol. The number of alkyl halides is 17. The number of hydrogen-bond acceptors (Lipinski definition) is 9. The fourth-order valence-corrected chi connectivity index (χ4v) is 11.6. The van der Waals surface area contributed by atoms with Crippen molar-refractivity contribution in [3.63, 3.8) is 0 Å². The van der Waals surface area contributed by atoms with Crippen LogP contribution in [-0.2, 0) is 78.1 Å². The molecule has 2 heterocycles. The summed E-state index contributed by atoms with van der Waals surface area (Å²) in [6, 6.07) is 60.2. The van der Waals surface area contributed by atoms with E-state index in [1.807, 2.05) is 118 Å². The second-order valence-electron chi connectivity index (χ2n) is 29.0. The first-order chi connectivity index (χ1) is 56.1. The van der Waals surface area contributed by atoms with Crippen molar-refractivity contribution in [2.75, 3.05) is 6.61 Å². The van der Waals surface area contributed by atoms with Gasteiger partial charge in [-0.15, -0.1) is 0 Å². The van der Waals surface area contributed by atoms with E-state index < -0.39 is 84.1 Å². The van der Waals surface area contributed by atoms with Crippen molar-refractivity contribution in [2.45, 2.75) is 146 Å². The van der Waals surface area contributed by atoms with Crippen molar-refractivity contribution >= 4 is 119 Å². The van der Waals surface area contributed by atoms with Crippen LogP contribution in [0.4, 0.5) is 70.7 Å². The minimum absolute atomic E-state index is 0.0370. The normalized spacial score (nSPS) is 14.3. The lowest BCUT2D eigenvalue weighted by Gasteiger charge is -2.32. The molecule has 0 amide bonds. The number of carboxylic acids is 1. The maximum absolute atomic E-state index is 12.6. The number of halogens is 21. The number of aliphatic hydroxyl groups excluding tert-OH is 2. The van der Waals surface area contributed by atoms with E-state index in [2.05, 4.69) is 83.1 Å². The van der Waals surface area contributed by atoms with Gasteiger partial charge >= 0.3 is 56.3 Å². The molecule has 0 bridgehead atoms. The van der Waals surface area contributed by atoms with E-state index in [4.69, 9.17) is 45.5 Å². The molecule has 3 N–H and O–H groups in total. The van der Waals surface area contributed by atoms with Crippen LogP contribution in [-0.4, -0.2) is 69.7 Å². The molecule has 0 unspecified atom stereocenters. The fourth-order valence-electron chi connectivity index (χ4n) is 10.8. The smallest absolute Gasteiger partial charge is 0.478 e. The molecule has 0 saturated carbocycles. The highest BCUT2D eigenvalue weighted by Crippen LogP contribution is 2.59. The second kappa shape index (κ2) is 46.4. The number of aromatic carboxylic acids is 1. The Morgan fingerprint density at radius 3 is 0.760 bits per heavy atom. The van der Waals surface area contributed by atoms with Crippen LogP contribution in [0.1, 0.15) is 130 Å². The summed E-state index contributed by atoms with van der Waals surface area (Å²) in [6.45, 7) is 20.2. The lowest BCUT2D eigenvalue weighted by molar-refractivity contribution is -0.138. The van der Waals surface area contributed by atoms with Gasteiger partial charge in [0.15, 0.2) is 0 Å². The van der Waals surface area contributed by atoms with Crippen LogP contribution in [0.25, 0.3) is 55.6 Å². The zero-order chi connectivity index (χ0) is 90.9. The van der Waals surface area contributed by atoms with Crippen LogP contribution in [0, 0.1) is 5.92 Å².